The number of amides is 2. The maximum absolute atomic E-state index is 12.2. The molecule has 0 aliphatic carbocycles. The maximum Gasteiger partial charge on any atom is 0.319 e. The number of fused-ring (bicyclic) bond motifs is 1. The molecule has 3 nitrogen and oxygen atoms in total. The lowest BCUT2D eigenvalue weighted by Gasteiger charge is -2.26. The van der Waals surface area contributed by atoms with E-state index < -0.39 is 0 Å². The maximum atomic E-state index is 12.2. The molecule has 1 heterocycles. The van der Waals surface area contributed by atoms with Gasteiger partial charge in [-0.3, -0.25) is 0 Å². The van der Waals surface area contributed by atoms with Crippen molar-refractivity contribution < 1.29 is 4.79 Å². The average Bonchev–Trinajstić information content (AvgIpc) is 2.50. The van der Waals surface area contributed by atoms with Gasteiger partial charge in [0.25, 0.3) is 0 Å². The lowest BCUT2D eigenvalue weighted by molar-refractivity contribution is 0.248. The van der Waals surface area contributed by atoms with Gasteiger partial charge < -0.3 is 10.6 Å². The fourth-order valence-corrected chi connectivity index (χ4v) is 3.76. The number of benzene rings is 2. The van der Waals surface area contributed by atoms with Gasteiger partial charge in [0.05, 0.1) is 6.04 Å². The minimum absolute atomic E-state index is 0.000369. The number of halogens is 1. The summed E-state index contributed by atoms with van der Waals surface area (Å²) in [5.41, 5.74) is 3.06. The number of nitrogens with one attached hydrogen (secondary N) is 2. The topological polar surface area (TPSA) is 41.1 Å². The van der Waals surface area contributed by atoms with Crippen LogP contribution in [-0.2, 0) is 0 Å². The molecule has 0 saturated heterocycles. The summed E-state index contributed by atoms with van der Waals surface area (Å²) in [5.74, 6) is 0.990. The zero-order valence-corrected chi connectivity index (χ0v) is 13.8. The van der Waals surface area contributed by atoms with Gasteiger partial charge in [-0.05, 0) is 49.2 Å². The molecule has 2 amide bonds. The van der Waals surface area contributed by atoms with Gasteiger partial charge in [0.2, 0.25) is 0 Å². The molecule has 1 aliphatic rings. The Morgan fingerprint density at radius 2 is 2.00 bits per heavy atom. The molecule has 2 aromatic carbocycles. The van der Waals surface area contributed by atoms with Gasteiger partial charge in [0.1, 0.15) is 0 Å². The fraction of sp³-hybridized carbons (Fsp3) is 0.235. The monoisotopic (exact) mass is 332 g/mol. The van der Waals surface area contributed by atoms with Crippen LogP contribution in [0.15, 0.2) is 47.4 Å². The summed E-state index contributed by atoms with van der Waals surface area (Å²) >= 11 is 7.89. The highest BCUT2D eigenvalue weighted by Crippen LogP contribution is 2.37. The lowest BCUT2D eigenvalue weighted by atomic mass is 10.0. The largest absolute Gasteiger partial charge is 0.331 e. The van der Waals surface area contributed by atoms with Crippen molar-refractivity contribution >= 4 is 35.1 Å². The van der Waals surface area contributed by atoms with E-state index >= 15 is 0 Å². The zero-order chi connectivity index (χ0) is 15.5. The summed E-state index contributed by atoms with van der Waals surface area (Å²) in [6.07, 6.45) is 0.902. The molecule has 0 unspecified atom stereocenters. The van der Waals surface area contributed by atoms with Crippen molar-refractivity contribution in [3.8, 4) is 0 Å². The standard InChI is InChI=1S/C17H17ClN2OS/c1-11-2-5-13(6-3-11)19-17(21)20-15-8-9-22-16-7-4-12(18)10-14(15)16/h2-7,10,15H,8-9H2,1H3,(H2,19,20,21)/t15-/m0/s1. The first-order valence-corrected chi connectivity index (χ1v) is 8.54. The second-order valence-electron chi connectivity index (χ2n) is 5.34. The van der Waals surface area contributed by atoms with E-state index in [1.807, 2.05) is 49.4 Å². The summed E-state index contributed by atoms with van der Waals surface area (Å²) in [6, 6.07) is 13.4. The lowest BCUT2D eigenvalue weighted by Crippen LogP contribution is -2.34. The van der Waals surface area contributed by atoms with E-state index in [4.69, 9.17) is 11.6 Å². The second-order valence-corrected chi connectivity index (χ2v) is 6.91. The van der Waals surface area contributed by atoms with Crippen LogP contribution in [0.4, 0.5) is 10.5 Å². The van der Waals surface area contributed by atoms with E-state index in [0.717, 1.165) is 23.4 Å². The van der Waals surface area contributed by atoms with E-state index in [1.54, 1.807) is 11.8 Å². The van der Waals surface area contributed by atoms with Crippen molar-refractivity contribution in [2.24, 2.45) is 0 Å². The average molecular weight is 333 g/mol. The third-order valence-electron chi connectivity index (χ3n) is 3.63. The smallest absolute Gasteiger partial charge is 0.319 e. The first kappa shape index (κ1) is 15.3. The van der Waals surface area contributed by atoms with Gasteiger partial charge in [-0.15, -0.1) is 11.8 Å². The molecule has 2 N–H and O–H groups in total. The molecule has 5 heteroatoms. The number of carbonyl (C=O) groups excluding carboxylic acids is 1. The quantitative estimate of drug-likeness (QED) is 0.811. The Balaban J connectivity index is 1.70. The van der Waals surface area contributed by atoms with Gasteiger partial charge in [-0.2, -0.15) is 0 Å². The molecule has 0 aromatic heterocycles. The van der Waals surface area contributed by atoms with Crippen LogP contribution in [0, 0.1) is 6.92 Å². The highest BCUT2D eigenvalue weighted by molar-refractivity contribution is 7.99. The summed E-state index contributed by atoms with van der Waals surface area (Å²) in [7, 11) is 0. The SMILES string of the molecule is Cc1ccc(NC(=O)N[C@H]2CCSc3ccc(Cl)cc32)cc1. The van der Waals surface area contributed by atoms with Gasteiger partial charge >= 0.3 is 6.03 Å². The Bertz CT molecular complexity index is 688. The molecule has 0 bridgehead atoms. The molecule has 0 radical (unpaired) electrons. The van der Waals surface area contributed by atoms with Crippen LogP contribution in [0.3, 0.4) is 0 Å². The first-order valence-electron chi connectivity index (χ1n) is 7.18. The molecule has 114 valence electrons. The Kier molecular flexibility index (Phi) is 4.60. The number of anilines is 1. The Labute approximate surface area is 139 Å². The van der Waals surface area contributed by atoms with Gasteiger partial charge in [-0.1, -0.05) is 29.3 Å². The van der Waals surface area contributed by atoms with Crippen LogP contribution in [0.2, 0.25) is 5.02 Å². The van der Waals surface area contributed by atoms with Crippen LogP contribution in [0.25, 0.3) is 0 Å². The predicted octanol–water partition coefficient (Wildman–Crippen LogP) is 5.01. The molecule has 0 spiro atoms. The summed E-state index contributed by atoms with van der Waals surface area (Å²) in [6.45, 7) is 2.02. The minimum Gasteiger partial charge on any atom is -0.331 e. The Hall–Kier alpha value is -1.65. The van der Waals surface area contributed by atoms with E-state index in [1.165, 1.54) is 10.5 Å². The van der Waals surface area contributed by atoms with Crippen LogP contribution in [-0.4, -0.2) is 11.8 Å². The molecule has 1 atom stereocenters. The molecular formula is C17H17ClN2OS. The predicted molar refractivity (Wildman–Crippen MR) is 92.9 cm³/mol. The molecule has 3 rings (SSSR count). The van der Waals surface area contributed by atoms with Crippen molar-refractivity contribution in [3.63, 3.8) is 0 Å². The van der Waals surface area contributed by atoms with Crippen molar-refractivity contribution in [1.82, 2.24) is 5.32 Å². The third-order valence-corrected chi connectivity index (χ3v) is 4.98. The van der Waals surface area contributed by atoms with Crippen LogP contribution in [0.1, 0.15) is 23.6 Å². The van der Waals surface area contributed by atoms with Crippen LogP contribution >= 0.6 is 23.4 Å². The summed E-state index contributed by atoms with van der Waals surface area (Å²) < 4.78 is 0. The Morgan fingerprint density at radius 3 is 2.77 bits per heavy atom. The number of carbonyl (C=O) groups is 1. The van der Waals surface area contributed by atoms with Gasteiger partial charge in [0, 0.05) is 21.4 Å². The molecule has 0 fully saturated rings. The number of thioether (sulfide) groups is 1. The summed E-state index contributed by atoms with van der Waals surface area (Å²) in [5, 5.41) is 6.62. The van der Waals surface area contributed by atoms with E-state index in [2.05, 4.69) is 10.6 Å². The van der Waals surface area contributed by atoms with E-state index in [0.29, 0.717) is 5.02 Å². The number of urea groups is 1. The normalized spacial score (nSPS) is 16.7. The van der Waals surface area contributed by atoms with Gasteiger partial charge in [0.15, 0.2) is 0 Å². The number of rotatable bonds is 2. The van der Waals surface area contributed by atoms with Crippen LogP contribution < -0.4 is 10.6 Å². The summed E-state index contributed by atoms with van der Waals surface area (Å²) in [4.78, 5) is 13.4. The number of hydrogen-bond donors (Lipinski definition) is 2. The fourth-order valence-electron chi connectivity index (χ4n) is 2.48. The highest BCUT2D eigenvalue weighted by Gasteiger charge is 2.22. The van der Waals surface area contributed by atoms with Crippen LogP contribution in [0.5, 0.6) is 0 Å². The van der Waals surface area contributed by atoms with Gasteiger partial charge in [-0.25, -0.2) is 4.79 Å². The van der Waals surface area contributed by atoms with Crippen molar-refractivity contribution in [3.05, 3.63) is 58.6 Å². The zero-order valence-electron chi connectivity index (χ0n) is 12.2. The molecule has 2 aromatic rings. The molecule has 22 heavy (non-hydrogen) atoms. The highest BCUT2D eigenvalue weighted by atomic mass is 35.5. The molecular weight excluding hydrogens is 316 g/mol. The van der Waals surface area contributed by atoms with Crippen molar-refractivity contribution in [2.75, 3.05) is 11.1 Å². The van der Waals surface area contributed by atoms with E-state index in [-0.39, 0.29) is 12.1 Å². The number of aryl methyl sites for hydroxylation is 1. The third kappa shape index (κ3) is 3.57. The molecule has 1 aliphatic heterocycles. The number of hydrogen-bond acceptors (Lipinski definition) is 2. The van der Waals surface area contributed by atoms with E-state index in [9.17, 15) is 4.79 Å². The first-order chi connectivity index (χ1) is 10.6. The second kappa shape index (κ2) is 6.63. The van der Waals surface area contributed by atoms with Crippen molar-refractivity contribution in [1.29, 1.82) is 0 Å². The minimum atomic E-state index is -0.188. The molecule has 0 saturated carbocycles. The van der Waals surface area contributed by atoms with Crippen molar-refractivity contribution in [2.45, 2.75) is 24.3 Å². The Morgan fingerprint density at radius 1 is 1.23 bits per heavy atom.